The lowest BCUT2D eigenvalue weighted by Crippen LogP contribution is -2.30. The highest BCUT2D eigenvalue weighted by Crippen LogP contribution is 2.25. The molecule has 7 heteroatoms. The van der Waals surface area contributed by atoms with Crippen LogP contribution in [0, 0.1) is 0 Å². The van der Waals surface area contributed by atoms with Crippen molar-refractivity contribution >= 4 is 29.2 Å². The summed E-state index contributed by atoms with van der Waals surface area (Å²) in [4.78, 5) is 48.6. The lowest BCUT2D eigenvalue weighted by molar-refractivity contribution is -0.122. The Kier molecular flexibility index (Phi) is 4.77. The van der Waals surface area contributed by atoms with Crippen molar-refractivity contribution in [3.05, 3.63) is 59.2 Å². The summed E-state index contributed by atoms with van der Waals surface area (Å²) >= 11 is 0. The zero-order valence-corrected chi connectivity index (χ0v) is 15.1. The van der Waals surface area contributed by atoms with Crippen molar-refractivity contribution in [3.8, 4) is 5.75 Å². The van der Waals surface area contributed by atoms with Gasteiger partial charge >= 0.3 is 0 Å². The number of rotatable bonds is 5. The lowest BCUT2D eigenvalue weighted by atomic mass is 10.1. The highest BCUT2D eigenvalue weighted by Gasteiger charge is 2.32. The Balaban J connectivity index is 1.68. The fourth-order valence-electron chi connectivity index (χ4n) is 2.71. The van der Waals surface area contributed by atoms with Gasteiger partial charge in [0.1, 0.15) is 5.75 Å². The molecule has 2 aromatic carbocycles. The monoisotopic (exact) mass is 366 g/mol. The summed E-state index contributed by atoms with van der Waals surface area (Å²) in [6.07, 6.45) is -0.804. The molecular formula is C20H18N2O5. The standard InChI is InChI=1S/C20H18N2O5/c1-11(23)13-4-7-15(8-5-13)27-12(2)18(24)21-14-6-9-16-17(10-14)20(26)22(3)19(16)25/h4-10,12H,1-3H3,(H,21,24). The molecule has 1 N–H and O–H groups in total. The van der Waals surface area contributed by atoms with Gasteiger partial charge in [-0.15, -0.1) is 0 Å². The Morgan fingerprint density at radius 1 is 1.00 bits per heavy atom. The number of anilines is 1. The van der Waals surface area contributed by atoms with Crippen molar-refractivity contribution < 1.29 is 23.9 Å². The molecule has 1 aliphatic rings. The Labute approximate surface area is 155 Å². The Bertz CT molecular complexity index is 949. The van der Waals surface area contributed by atoms with Crippen LogP contribution < -0.4 is 10.1 Å². The predicted octanol–water partition coefficient (Wildman–Crippen LogP) is 2.52. The van der Waals surface area contributed by atoms with Crippen LogP contribution in [0.2, 0.25) is 0 Å². The molecule has 0 spiro atoms. The minimum absolute atomic E-state index is 0.0531. The van der Waals surface area contributed by atoms with E-state index in [1.165, 1.54) is 26.1 Å². The number of imide groups is 1. The highest BCUT2D eigenvalue weighted by atomic mass is 16.5. The third kappa shape index (κ3) is 3.57. The SMILES string of the molecule is CC(=O)c1ccc(OC(C)C(=O)Nc2ccc3c(c2)C(=O)N(C)C3=O)cc1. The molecule has 0 aliphatic carbocycles. The van der Waals surface area contributed by atoms with Crippen molar-refractivity contribution in [1.29, 1.82) is 0 Å². The number of benzene rings is 2. The number of Topliss-reactive ketones (excluding diaryl/α,β-unsaturated/α-hetero) is 1. The maximum atomic E-state index is 12.3. The first-order valence-electron chi connectivity index (χ1n) is 8.33. The van der Waals surface area contributed by atoms with Gasteiger partial charge in [0.05, 0.1) is 11.1 Å². The van der Waals surface area contributed by atoms with Crippen LogP contribution in [-0.4, -0.2) is 41.6 Å². The zero-order valence-electron chi connectivity index (χ0n) is 15.1. The molecule has 0 saturated carbocycles. The van der Waals surface area contributed by atoms with Crippen LogP contribution in [0.1, 0.15) is 44.9 Å². The second-order valence-corrected chi connectivity index (χ2v) is 6.26. The van der Waals surface area contributed by atoms with Crippen LogP contribution in [0.3, 0.4) is 0 Å². The zero-order chi connectivity index (χ0) is 19.7. The molecule has 0 bridgehead atoms. The molecule has 3 rings (SSSR count). The third-order valence-electron chi connectivity index (χ3n) is 4.30. The normalized spacial score (nSPS) is 14.0. The number of fused-ring (bicyclic) bond motifs is 1. The molecule has 27 heavy (non-hydrogen) atoms. The summed E-state index contributed by atoms with van der Waals surface area (Å²) in [5, 5.41) is 2.67. The van der Waals surface area contributed by atoms with Crippen LogP contribution in [0.25, 0.3) is 0 Å². The van der Waals surface area contributed by atoms with Crippen molar-refractivity contribution in [3.63, 3.8) is 0 Å². The van der Waals surface area contributed by atoms with Crippen LogP contribution in [0.15, 0.2) is 42.5 Å². The van der Waals surface area contributed by atoms with Crippen molar-refractivity contribution in [1.82, 2.24) is 4.90 Å². The average molecular weight is 366 g/mol. The van der Waals surface area contributed by atoms with Gasteiger partial charge in [-0.25, -0.2) is 0 Å². The van der Waals surface area contributed by atoms with Gasteiger partial charge in [0.15, 0.2) is 11.9 Å². The van der Waals surface area contributed by atoms with E-state index in [4.69, 9.17) is 4.74 Å². The first kappa shape index (κ1) is 18.3. The fraction of sp³-hybridized carbons (Fsp3) is 0.200. The van der Waals surface area contributed by atoms with E-state index >= 15 is 0 Å². The molecule has 2 aromatic rings. The second kappa shape index (κ2) is 7.03. The van der Waals surface area contributed by atoms with E-state index in [1.54, 1.807) is 37.3 Å². The van der Waals surface area contributed by atoms with Gasteiger partial charge in [-0.3, -0.25) is 24.1 Å². The van der Waals surface area contributed by atoms with Crippen LogP contribution in [0.5, 0.6) is 5.75 Å². The second-order valence-electron chi connectivity index (χ2n) is 6.26. The van der Waals surface area contributed by atoms with E-state index < -0.39 is 17.9 Å². The topological polar surface area (TPSA) is 92.8 Å². The number of nitrogens with zero attached hydrogens (tertiary/aromatic N) is 1. The van der Waals surface area contributed by atoms with Gasteiger partial charge in [-0.05, 0) is 56.3 Å². The molecule has 0 saturated heterocycles. The van der Waals surface area contributed by atoms with E-state index in [2.05, 4.69) is 5.32 Å². The molecule has 0 fully saturated rings. The Morgan fingerprint density at radius 3 is 2.26 bits per heavy atom. The summed E-state index contributed by atoms with van der Waals surface area (Å²) in [6, 6.07) is 11.1. The van der Waals surface area contributed by atoms with E-state index in [0.717, 1.165) is 4.90 Å². The highest BCUT2D eigenvalue weighted by molar-refractivity contribution is 6.21. The van der Waals surface area contributed by atoms with Crippen molar-refractivity contribution in [2.45, 2.75) is 20.0 Å². The average Bonchev–Trinajstić information content (AvgIpc) is 2.86. The first-order valence-corrected chi connectivity index (χ1v) is 8.33. The summed E-state index contributed by atoms with van der Waals surface area (Å²) in [5.41, 5.74) is 1.53. The number of hydrogen-bond donors (Lipinski definition) is 1. The summed E-state index contributed by atoms with van der Waals surface area (Å²) in [6.45, 7) is 3.06. The molecule has 1 aliphatic heterocycles. The molecule has 7 nitrogen and oxygen atoms in total. The Hall–Kier alpha value is -3.48. The molecule has 138 valence electrons. The molecule has 1 atom stereocenters. The number of hydrogen-bond acceptors (Lipinski definition) is 5. The molecule has 1 unspecified atom stereocenters. The molecular weight excluding hydrogens is 348 g/mol. The number of carbonyl (C=O) groups excluding carboxylic acids is 4. The number of ketones is 1. The fourth-order valence-corrected chi connectivity index (χ4v) is 2.71. The lowest BCUT2D eigenvalue weighted by Gasteiger charge is -2.15. The van der Waals surface area contributed by atoms with Gasteiger partial charge in [0.2, 0.25) is 0 Å². The first-order chi connectivity index (χ1) is 12.8. The maximum Gasteiger partial charge on any atom is 0.265 e. The van der Waals surface area contributed by atoms with E-state index in [-0.39, 0.29) is 17.3 Å². The molecule has 1 heterocycles. The predicted molar refractivity (Wildman–Crippen MR) is 98.0 cm³/mol. The summed E-state index contributed by atoms with van der Waals surface area (Å²) < 4.78 is 5.58. The summed E-state index contributed by atoms with van der Waals surface area (Å²) in [7, 11) is 1.41. The van der Waals surface area contributed by atoms with Crippen LogP contribution in [0.4, 0.5) is 5.69 Å². The van der Waals surface area contributed by atoms with Gasteiger partial charge in [-0.1, -0.05) is 0 Å². The van der Waals surface area contributed by atoms with E-state index in [9.17, 15) is 19.2 Å². The van der Waals surface area contributed by atoms with Crippen LogP contribution in [-0.2, 0) is 4.79 Å². The number of amides is 3. The number of ether oxygens (including phenoxy) is 1. The minimum Gasteiger partial charge on any atom is -0.481 e. The largest absolute Gasteiger partial charge is 0.481 e. The summed E-state index contributed by atoms with van der Waals surface area (Å²) in [5.74, 6) is -0.767. The Morgan fingerprint density at radius 2 is 1.63 bits per heavy atom. The van der Waals surface area contributed by atoms with Gasteiger partial charge < -0.3 is 10.1 Å². The van der Waals surface area contributed by atoms with Crippen molar-refractivity contribution in [2.24, 2.45) is 0 Å². The third-order valence-corrected chi connectivity index (χ3v) is 4.30. The smallest absolute Gasteiger partial charge is 0.265 e. The number of carbonyl (C=O) groups is 4. The van der Waals surface area contributed by atoms with E-state index in [1.807, 2.05) is 0 Å². The van der Waals surface area contributed by atoms with Gasteiger partial charge in [0.25, 0.3) is 17.7 Å². The minimum atomic E-state index is -0.804. The molecule has 0 aromatic heterocycles. The number of nitrogens with one attached hydrogen (secondary N) is 1. The quantitative estimate of drug-likeness (QED) is 0.648. The molecule has 0 radical (unpaired) electrons. The molecule has 3 amide bonds. The van der Waals surface area contributed by atoms with Crippen LogP contribution >= 0.6 is 0 Å². The van der Waals surface area contributed by atoms with Crippen molar-refractivity contribution in [2.75, 3.05) is 12.4 Å². The maximum absolute atomic E-state index is 12.3. The van der Waals surface area contributed by atoms with E-state index in [0.29, 0.717) is 22.6 Å². The van der Waals surface area contributed by atoms with Gasteiger partial charge in [0, 0.05) is 18.3 Å². The van der Waals surface area contributed by atoms with Gasteiger partial charge in [-0.2, -0.15) is 0 Å².